The van der Waals surface area contributed by atoms with Gasteiger partial charge in [-0.3, -0.25) is 4.79 Å². The fraction of sp³-hybridized carbons (Fsp3) is 0.409. The average molecular weight is 443 g/mol. The van der Waals surface area contributed by atoms with Crippen LogP contribution in [0, 0.1) is 6.92 Å². The van der Waals surface area contributed by atoms with Crippen molar-refractivity contribution in [1.82, 2.24) is 15.3 Å². The first kappa shape index (κ1) is 21.2. The summed E-state index contributed by atoms with van der Waals surface area (Å²) in [4.78, 5) is 25.7. The van der Waals surface area contributed by atoms with Crippen LogP contribution in [0.25, 0.3) is 10.2 Å². The maximum Gasteiger partial charge on any atom is 0.261 e. The van der Waals surface area contributed by atoms with Crippen LogP contribution in [0.3, 0.4) is 0 Å². The minimum Gasteiger partial charge on any atom is -0.493 e. The van der Waals surface area contributed by atoms with Gasteiger partial charge in [0.05, 0.1) is 31.6 Å². The fourth-order valence-electron chi connectivity index (χ4n) is 3.94. The number of nitrogens with zero attached hydrogens (tertiary/aromatic N) is 3. The summed E-state index contributed by atoms with van der Waals surface area (Å²) in [6.45, 7) is 4.28. The van der Waals surface area contributed by atoms with Crippen molar-refractivity contribution in [3.8, 4) is 17.2 Å². The van der Waals surface area contributed by atoms with Gasteiger partial charge in [-0.1, -0.05) is 0 Å². The number of aryl methyl sites for hydroxylation is 1. The molecule has 0 unspecified atom stereocenters. The Balaban J connectivity index is 1.58. The number of benzene rings is 1. The van der Waals surface area contributed by atoms with Crippen LogP contribution >= 0.6 is 11.3 Å². The molecule has 164 valence electrons. The summed E-state index contributed by atoms with van der Waals surface area (Å²) < 4.78 is 16.2. The van der Waals surface area contributed by atoms with Gasteiger partial charge in [-0.05, 0) is 43.0 Å². The van der Waals surface area contributed by atoms with Crippen molar-refractivity contribution in [2.45, 2.75) is 26.3 Å². The van der Waals surface area contributed by atoms with E-state index in [1.165, 1.54) is 11.3 Å². The molecule has 1 amide bonds. The molecule has 8 nitrogen and oxygen atoms in total. The Hall–Kier alpha value is -3.07. The monoisotopic (exact) mass is 442 g/mol. The van der Waals surface area contributed by atoms with Gasteiger partial charge >= 0.3 is 0 Å². The van der Waals surface area contributed by atoms with Gasteiger partial charge in [0.2, 0.25) is 5.75 Å². The lowest BCUT2D eigenvalue weighted by molar-refractivity contribution is 0.0954. The largest absolute Gasteiger partial charge is 0.493 e. The van der Waals surface area contributed by atoms with E-state index in [-0.39, 0.29) is 5.91 Å². The molecule has 1 aromatic carbocycles. The summed E-state index contributed by atoms with van der Waals surface area (Å²) in [6.07, 6.45) is 3.91. The van der Waals surface area contributed by atoms with Gasteiger partial charge in [-0.2, -0.15) is 0 Å². The highest BCUT2D eigenvalue weighted by atomic mass is 32.1. The minimum absolute atomic E-state index is 0.137. The number of anilines is 1. The Morgan fingerprint density at radius 3 is 2.39 bits per heavy atom. The number of ether oxygens (including phenoxy) is 3. The first-order valence-electron chi connectivity index (χ1n) is 10.1. The molecule has 2 aromatic heterocycles. The third-order valence-electron chi connectivity index (χ3n) is 5.50. The summed E-state index contributed by atoms with van der Waals surface area (Å²) in [7, 11) is 4.70. The van der Waals surface area contributed by atoms with E-state index in [4.69, 9.17) is 14.2 Å². The summed E-state index contributed by atoms with van der Waals surface area (Å²) in [6, 6.07) is 3.66. The van der Waals surface area contributed by atoms with Crippen LogP contribution in [0.15, 0.2) is 18.5 Å². The molecule has 1 fully saturated rings. The van der Waals surface area contributed by atoms with Crippen LogP contribution in [0.5, 0.6) is 17.2 Å². The van der Waals surface area contributed by atoms with Gasteiger partial charge in [0.1, 0.15) is 17.0 Å². The molecule has 0 bridgehead atoms. The topological polar surface area (TPSA) is 85.8 Å². The van der Waals surface area contributed by atoms with E-state index in [0.717, 1.165) is 53.1 Å². The average Bonchev–Trinajstić information content (AvgIpc) is 3.45. The molecule has 3 aromatic rings. The highest BCUT2D eigenvalue weighted by Crippen LogP contribution is 2.38. The Kier molecular flexibility index (Phi) is 6.13. The SMILES string of the molecule is COc1cc(CNC(=O)c2sc3ncnc(N4CCCC4)c3c2C)cc(OC)c1OC. The minimum atomic E-state index is -0.137. The van der Waals surface area contributed by atoms with Crippen molar-refractivity contribution in [2.75, 3.05) is 39.3 Å². The number of rotatable bonds is 7. The second-order valence-corrected chi connectivity index (χ2v) is 8.34. The summed E-state index contributed by atoms with van der Waals surface area (Å²) in [5.74, 6) is 2.42. The molecule has 0 atom stereocenters. The first-order chi connectivity index (χ1) is 15.1. The number of carbonyl (C=O) groups excluding carboxylic acids is 1. The zero-order chi connectivity index (χ0) is 22.0. The zero-order valence-corrected chi connectivity index (χ0v) is 19.0. The van der Waals surface area contributed by atoms with Crippen LogP contribution < -0.4 is 24.4 Å². The van der Waals surface area contributed by atoms with Crippen molar-refractivity contribution in [3.63, 3.8) is 0 Å². The number of aromatic nitrogens is 2. The second kappa shape index (κ2) is 8.97. The molecule has 3 heterocycles. The molecular formula is C22H26N4O4S. The number of hydrogen-bond acceptors (Lipinski definition) is 8. The van der Waals surface area contributed by atoms with E-state index in [1.54, 1.807) is 27.7 Å². The summed E-state index contributed by atoms with van der Waals surface area (Å²) in [5.41, 5.74) is 1.77. The lowest BCUT2D eigenvalue weighted by Crippen LogP contribution is -2.22. The predicted octanol–water partition coefficient (Wildman–Crippen LogP) is 3.56. The van der Waals surface area contributed by atoms with E-state index < -0.39 is 0 Å². The van der Waals surface area contributed by atoms with Crippen molar-refractivity contribution >= 4 is 33.3 Å². The highest BCUT2D eigenvalue weighted by Gasteiger charge is 2.23. The van der Waals surface area contributed by atoms with Gasteiger partial charge in [-0.25, -0.2) is 9.97 Å². The Morgan fingerprint density at radius 1 is 1.10 bits per heavy atom. The number of carbonyl (C=O) groups is 1. The predicted molar refractivity (Wildman–Crippen MR) is 121 cm³/mol. The number of fused-ring (bicyclic) bond motifs is 1. The number of thiophene rings is 1. The number of nitrogens with one attached hydrogen (secondary N) is 1. The summed E-state index contributed by atoms with van der Waals surface area (Å²) >= 11 is 1.40. The Bertz CT molecular complexity index is 1080. The van der Waals surface area contributed by atoms with Crippen molar-refractivity contribution in [3.05, 3.63) is 34.5 Å². The first-order valence-corrected chi connectivity index (χ1v) is 10.9. The van der Waals surface area contributed by atoms with Crippen LogP contribution in [0.1, 0.15) is 33.6 Å². The van der Waals surface area contributed by atoms with Gasteiger partial charge in [-0.15, -0.1) is 11.3 Å². The standard InChI is InChI=1S/C22H26N4O4S/c1-13-17-20(26-7-5-6-8-26)24-12-25-22(17)31-19(13)21(27)23-11-14-9-15(28-2)18(30-4)16(10-14)29-3/h9-10,12H,5-8,11H2,1-4H3,(H,23,27). The molecule has 1 aliphatic rings. The Labute approximate surface area is 185 Å². The molecule has 1 aliphatic heterocycles. The lowest BCUT2D eigenvalue weighted by Gasteiger charge is -2.17. The molecule has 9 heteroatoms. The van der Waals surface area contributed by atoms with Crippen LogP contribution in [-0.2, 0) is 6.54 Å². The maximum absolute atomic E-state index is 13.0. The van der Waals surface area contributed by atoms with Gasteiger partial charge in [0, 0.05) is 19.6 Å². The van der Waals surface area contributed by atoms with E-state index in [1.807, 2.05) is 19.1 Å². The van der Waals surface area contributed by atoms with Gasteiger partial charge in [0.15, 0.2) is 11.5 Å². The number of methoxy groups -OCH3 is 3. The van der Waals surface area contributed by atoms with E-state index in [0.29, 0.717) is 28.7 Å². The molecule has 0 radical (unpaired) electrons. The van der Waals surface area contributed by atoms with E-state index >= 15 is 0 Å². The summed E-state index contributed by atoms with van der Waals surface area (Å²) in [5, 5.41) is 3.98. The molecule has 0 aliphatic carbocycles. The van der Waals surface area contributed by atoms with Crippen molar-refractivity contribution in [2.24, 2.45) is 0 Å². The lowest BCUT2D eigenvalue weighted by atomic mass is 10.1. The smallest absolute Gasteiger partial charge is 0.261 e. The molecule has 1 N–H and O–H groups in total. The molecular weight excluding hydrogens is 416 g/mol. The van der Waals surface area contributed by atoms with Crippen LogP contribution in [0.2, 0.25) is 0 Å². The van der Waals surface area contributed by atoms with Crippen molar-refractivity contribution < 1.29 is 19.0 Å². The quantitative estimate of drug-likeness (QED) is 0.599. The molecule has 1 saturated heterocycles. The maximum atomic E-state index is 13.0. The number of amides is 1. The zero-order valence-electron chi connectivity index (χ0n) is 18.2. The molecule has 4 rings (SSSR count). The van der Waals surface area contributed by atoms with E-state index in [2.05, 4.69) is 20.2 Å². The van der Waals surface area contributed by atoms with Crippen LogP contribution in [0.4, 0.5) is 5.82 Å². The van der Waals surface area contributed by atoms with Crippen LogP contribution in [-0.4, -0.2) is 50.3 Å². The second-order valence-electron chi connectivity index (χ2n) is 7.34. The highest BCUT2D eigenvalue weighted by molar-refractivity contribution is 7.20. The molecule has 0 saturated carbocycles. The van der Waals surface area contributed by atoms with E-state index in [9.17, 15) is 4.79 Å². The van der Waals surface area contributed by atoms with Gasteiger partial charge in [0.25, 0.3) is 5.91 Å². The normalized spacial score (nSPS) is 13.5. The Morgan fingerprint density at radius 2 is 1.77 bits per heavy atom. The third-order valence-corrected chi connectivity index (χ3v) is 6.69. The molecule has 31 heavy (non-hydrogen) atoms. The third kappa shape index (κ3) is 3.97. The van der Waals surface area contributed by atoms with Crippen molar-refractivity contribution in [1.29, 1.82) is 0 Å². The number of hydrogen-bond donors (Lipinski definition) is 1. The fourth-order valence-corrected chi connectivity index (χ4v) is 5.00. The van der Waals surface area contributed by atoms with Gasteiger partial charge < -0.3 is 24.4 Å². The molecule has 0 spiro atoms.